The molecule has 5 nitrogen and oxygen atoms in total. The molecule has 1 amide bonds. The predicted octanol–water partition coefficient (Wildman–Crippen LogP) is 4.37. The molecule has 1 unspecified atom stereocenters. The van der Waals surface area contributed by atoms with E-state index in [1.165, 1.54) is 5.56 Å². The Morgan fingerprint density at radius 3 is 2.67 bits per heavy atom. The number of nitrogens with zero attached hydrogens (tertiary/aromatic N) is 3. The first-order chi connectivity index (χ1) is 13.2. The molecule has 2 heterocycles. The molecule has 0 bridgehead atoms. The number of anilines is 3. The number of aryl methyl sites for hydroxylation is 1. The third-order valence-corrected chi connectivity index (χ3v) is 4.97. The van der Waals surface area contributed by atoms with Crippen molar-refractivity contribution in [2.24, 2.45) is 0 Å². The van der Waals surface area contributed by atoms with E-state index in [0.717, 1.165) is 35.6 Å². The summed E-state index contributed by atoms with van der Waals surface area (Å²) in [6.45, 7) is 4.23. The zero-order valence-corrected chi connectivity index (χ0v) is 15.5. The highest BCUT2D eigenvalue weighted by Gasteiger charge is 2.28. The largest absolute Gasteiger partial charge is 0.322 e. The van der Waals surface area contributed by atoms with Crippen molar-refractivity contribution in [3.8, 4) is 0 Å². The number of rotatable bonds is 4. The van der Waals surface area contributed by atoms with E-state index in [9.17, 15) is 4.79 Å². The van der Waals surface area contributed by atoms with E-state index in [1.807, 2.05) is 30.3 Å². The van der Waals surface area contributed by atoms with Crippen molar-refractivity contribution in [2.45, 2.75) is 32.7 Å². The molecule has 27 heavy (non-hydrogen) atoms. The van der Waals surface area contributed by atoms with Crippen LogP contribution < -0.4 is 10.2 Å². The Morgan fingerprint density at radius 1 is 1.11 bits per heavy atom. The van der Waals surface area contributed by atoms with Crippen molar-refractivity contribution in [3.63, 3.8) is 0 Å². The molecule has 1 aliphatic rings. The lowest BCUT2D eigenvalue weighted by Crippen LogP contribution is -2.25. The number of para-hydroxylation sites is 2. The van der Waals surface area contributed by atoms with E-state index in [0.29, 0.717) is 11.7 Å². The molecular weight excluding hydrogens is 336 g/mol. The van der Waals surface area contributed by atoms with Gasteiger partial charge in [0.15, 0.2) is 5.82 Å². The van der Waals surface area contributed by atoms with Gasteiger partial charge in [-0.15, -0.1) is 0 Å². The highest BCUT2D eigenvalue weighted by molar-refractivity contribution is 6.03. The molecule has 2 aromatic carbocycles. The van der Waals surface area contributed by atoms with Gasteiger partial charge >= 0.3 is 0 Å². The second-order valence-electron chi connectivity index (χ2n) is 6.78. The summed E-state index contributed by atoms with van der Waals surface area (Å²) in [5.41, 5.74) is 4.69. The lowest BCUT2D eigenvalue weighted by atomic mass is 10.1. The number of aromatic nitrogens is 2. The molecule has 1 N–H and O–H groups in total. The summed E-state index contributed by atoms with van der Waals surface area (Å²) >= 11 is 0. The minimum Gasteiger partial charge on any atom is -0.322 e. The van der Waals surface area contributed by atoms with Gasteiger partial charge in [-0.1, -0.05) is 43.3 Å². The standard InChI is InChI=1S/C22H22N4O/c1-3-16-8-4-6-10-18(16)25-22(27)19-13-24-21(14-23-19)26-15(2)12-17-9-5-7-11-20(17)26/h4-11,13-15H,3,12H2,1-2H3,(H,25,27). The van der Waals surface area contributed by atoms with E-state index in [1.54, 1.807) is 12.4 Å². The van der Waals surface area contributed by atoms with Crippen molar-refractivity contribution >= 4 is 23.1 Å². The second kappa shape index (κ2) is 7.19. The third kappa shape index (κ3) is 3.28. The Hall–Kier alpha value is -3.21. The minimum atomic E-state index is -0.246. The summed E-state index contributed by atoms with van der Waals surface area (Å²) in [5.74, 6) is 0.516. The fraction of sp³-hybridized carbons (Fsp3) is 0.227. The number of hydrogen-bond donors (Lipinski definition) is 1. The van der Waals surface area contributed by atoms with Crippen LogP contribution in [0.25, 0.3) is 0 Å². The van der Waals surface area contributed by atoms with Crippen molar-refractivity contribution in [1.82, 2.24) is 9.97 Å². The maximum absolute atomic E-state index is 12.6. The van der Waals surface area contributed by atoms with Gasteiger partial charge in [0.2, 0.25) is 0 Å². The van der Waals surface area contributed by atoms with E-state index < -0.39 is 0 Å². The number of hydrogen-bond acceptors (Lipinski definition) is 4. The summed E-state index contributed by atoms with van der Waals surface area (Å²) in [7, 11) is 0. The topological polar surface area (TPSA) is 58.1 Å². The molecule has 1 atom stereocenters. The average molecular weight is 358 g/mol. The number of amides is 1. The smallest absolute Gasteiger partial charge is 0.275 e. The number of carbonyl (C=O) groups excluding carboxylic acids is 1. The van der Waals surface area contributed by atoms with E-state index in [-0.39, 0.29) is 5.91 Å². The fourth-order valence-corrected chi connectivity index (χ4v) is 3.61. The second-order valence-corrected chi connectivity index (χ2v) is 6.78. The molecule has 136 valence electrons. The van der Waals surface area contributed by atoms with Crippen LogP contribution in [0.3, 0.4) is 0 Å². The zero-order valence-electron chi connectivity index (χ0n) is 15.5. The van der Waals surface area contributed by atoms with E-state index >= 15 is 0 Å². The van der Waals surface area contributed by atoms with Crippen LogP contribution in [-0.2, 0) is 12.8 Å². The van der Waals surface area contributed by atoms with Crippen LogP contribution in [0, 0.1) is 0 Å². The molecule has 0 fully saturated rings. The van der Waals surface area contributed by atoms with Gasteiger partial charge in [-0.2, -0.15) is 0 Å². The van der Waals surface area contributed by atoms with Gasteiger partial charge in [0, 0.05) is 17.4 Å². The molecule has 1 aliphatic heterocycles. The maximum Gasteiger partial charge on any atom is 0.275 e. The number of fused-ring (bicyclic) bond motifs is 1. The predicted molar refractivity (Wildman–Crippen MR) is 108 cm³/mol. The molecule has 3 aromatic rings. The molecule has 0 spiro atoms. The van der Waals surface area contributed by atoms with Crippen LogP contribution in [0.15, 0.2) is 60.9 Å². The molecule has 0 aliphatic carbocycles. The first kappa shape index (κ1) is 17.2. The summed E-state index contributed by atoms with van der Waals surface area (Å²) in [4.78, 5) is 23.6. The third-order valence-electron chi connectivity index (χ3n) is 4.97. The van der Waals surface area contributed by atoms with Gasteiger partial charge in [-0.05, 0) is 43.0 Å². The van der Waals surface area contributed by atoms with Crippen molar-refractivity contribution < 1.29 is 4.79 Å². The van der Waals surface area contributed by atoms with Crippen LogP contribution >= 0.6 is 0 Å². The van der Waals surface area contributed by atoms with Crippen molar-refractivity contribution in [1.29, 1.82) is 0 Å². The highest BCUT2D eigenvalue weighted by atomic mass is 16.1. The first-order valence-electron chi connectivity index (χ1n) is 9.26. The lowest BCUT2D eigenvalue weighted by Gasteiger charge is -2.23. The minimum absolute atomic E-state index is 0.246. The van der Waals surface area contributed by atoms with Gasteiger partial charge < -0.3 is 10.2 Å². The SMILES string of the molecule is CCc1ccccc1NC(=O)c1cnc(N2c3ccccc3CC2C)cn1. The average Bonchev–Trinajstić information content (AvgIpc) is 3.04. The van der Waals surface area contributed by atoms with Gasteiger partial charge in [0.25, 0.3) is 5.91 Å². The Bertz CT molecular complexity index is 968. The molecule has 1 aromatic heterocycles. The van der Waals surface area contributed by atoms with E-state index in [4.69, 9.17) is 0 Å². The highest BCUT2D eigenvalue weighted by Crippen LogP contribution is 2.36. The molecule has 4 rings (SSSR count). The van der Waals surface area contributed by atoms with Crippen molar-refractivity contribution in [3.05, 3.63) is 77.7 Å². The monoisotopic (exact) mass is 358 g/mol. The molecule has 0 saturated heterocycles. The first-order valence-corrected chi connectivity index (χ1v) is 9.26. The van der Waals surface area contributed by atoms with Gasteiger partial charge in [-0.25, -0.2) is 9.97 Å². The van der Waals surface area contributed by atoms with Crippen LogP contribution in [0.1, 0.15) is 35.5 Å². The molecular formula is C22H22N4O. The summed E-state index contributed by atoms with van der Waals surface area (Å²) in [6.07, 6.45) is 5.06. The molecule has 0 saturated carbocycles. The van der Waals surface area contributed by atoms with Gasteiger partial charge in [-0.3, -0.25) is 4.79 Å². The Labute approximate surface area is 159 Å². The van der Waals surface area contributed by atoms with Crippen LogP contribution in [0.5, 0.6) is 0 Å². The fourth-order valence-electron chi connectivity index (χ4n) is 3.61. The quantitative estimate of drug-likeness (QED) is 0.752. The summed E-state index contributed by atoms with van der Waals surface area (Å²) in [6, 6.07) is 16.4. The van der Waals surface area contributed by atoms with Gasteiger partial charge in [0.1, 0.15) is 5.69 Å². The Morgan fingerprint density at radius 2 is 1.89 bits per heavy atom. The summed E-state index contributed by atoms with van der Waals surface area (Å²) < 4.78 is 0. The van der Waals surface area contributed by atoms with Crippen LogP contribution in [0.4, 0.5) is 17.2 Å². The van der Waals surface area contributed by atoms with E-state index in [2.05, 4.69) is 52.2 Å². The molecule has 0 radical (unpaired) electrons. The Balaban J connectivity index is 1.55. The van der Waals surface area contributed by atoms with Crippen molar-refractivity contribution in [2.75, 3.05) is 10.2 Å². The number of benzene rings is 2. The zero-order chi connectivity index (χ0) is 18.8. The lowest BCUT2D eigenvalue weighted by molar-refractivity contribution is 0.102. The molecule has 5 heteroatoms. The van der Waals surface area contributed by atoms with Crippen LogP contribution in [-0.4, -0.2) is 21.9 Å². The summed E-state index contributed by atoms with van der Waals surface area (Å²) in [5, 5.41) is 2.94. The van der Waals surface area contributed by atoms with Gasteiger partial charge in [0.05, 0.1) is 12.4 Å². The maximum atomic E-state index is 12.6. The Kier molecular flexibility index (Phi) is 4.59. The number of carbonyl (C=O) groups is 1. The normalized spacial score (nSPS) is 15.5. The van der Waals surface area contributed by atoms with Crippen LogP contribution in [0.2, 0.25) is 0 Å². The number of nitrogens with one attached hydrogen (secondary N) is 1.